The van der Waals surface area contributed by atoms with Gasteiger partial charge >= 0.3 is 0 Å². The predicted octanol–water partition coefficient (Wildman–Crippen LogP) is 4.57. The lowest BCUT2D eigenvalue weighted by Gasteiger charge is -2.15. The molecule has 6 nitrogen and oxygen atoms in total. The number of fused-ring (bicyclic) bond motifs is 1. The van der Waals surface area contributed by atoms with Crippen molar-refractivity contribution < 1.29 is 18.4 Å². The van der Waals surface area contributed by atoms with Crippen molar-refractivity contribution in [2.75, 3.05) is 13.1 Å². The first-order chi connectivity index (χ1) is 15.2. The van der Waals surface area contributed by atoms with Gasteiger partial charge in [-0.1, -0.05) is 29.4 Å². The zero-order chi connectivity index (χ0) is 21.2. The van der Waals surface area contributed by atoms with E-state index in [2.05, 4.69) is 10.1 Å². The molecule has 1 saturated heterocycles. The van der Waals surface area contributed by atoms with Crippen molar-refractivity contribution >= 4 is 16.7 Å². The van der Waals surface area contributed by atoms with Crippen LogP contribution in [0.4, 0.5) is 4.39 Å². The molecule has 1 aliphatic rings. The minimum Gasteiger partial charge on any atom is -0.485 e. The number of likely N-dealkylation sites (tertiary alicyclic amines) is 1. The zero-order valence-corrected chi connectivity index (χ0v) is 16.7. The van der Waals surface area contributed by atoms with Gasteiger partial charge in [-0.2, -0.15) is 0 Å². The van der Waals surface area contributed by atoms with Gasteiger partial charge in [0.15, 0.2) is 11.5 Å². The van der Waals surface area contributed by atoms with Gasteiger partial charge in [0, 0.05) is 48.2 Å². The van der Waals surface area contributed by atoms with E-state index < -0.39 is 0 Å². The highest BCUT2D eigenvalue weighted by molar-refractivity contribution is 5.92. The molecule has 0 spiro atoms. The number of amides is 1. The summed E-state index contributed by atoms with van der Waals surface area (Å²) in [5, 5.41) is 5.88. The second kappa shape index (κ2) is 8.18. The Balaban J connectivity index is 1.23. The average molecular weight is 417 g/mol. The lowest BCUT2D eigenvalue weighted by molar-refractivity contribution is 0.0780. The monoisotopic (exact) mass is 417 g/mol. The van der Waals surface area contributed by atoms with Gasteiger partial charge in [-0.05, 0) is 36.2 Å². The van der Waals surface area contributed by atoms with E-state index in [0.717, 1.165) is 22.8 Å². The molecule has 0 aliphatic carbocycles. The molecule has 1 atom stereocenters. The van der Waals surface area contributed by atoms with E-state index in [0.29, 0.717) is 24.6 Å². The van der Waals surface area contributed by atoms with Crippen molar-refractivity contribution in [2.24, 2.45) is 0 Å². The summed E-state index contributed by atoms with van der Waals surface area (Å²) in [4.78, 5) is 18.7. The molecule has 156 valence electrons. The Kier molecular flexibility index (Phi) is 5.08. The van der Waals surface area contributed by atoms with Gasteiger partial charge in [0.05, 0.1) is 0 Å². The number of hydrogen-bond donors (Lipinski definition) is 0. The lowest BCUT2D eigenvalue weighted by Crippen LogP contribution is -2.28. The van der Waals surface area contributed by atoms with Crippen LogP contribution >= 0.6 is 0 Å². The van der Waals surface area contributed by atoms with Crippen LogP contribution in [-0.4, -0.2) is 34.0 Å². The molecule has 2 aromatic carbocycles. The quantitative estimate of drug-likeness (QED) is 0.476. The molecule has 7 heteroatoms. The fourth-order valence-corrected chi connectivity index (χ4v) is 3.96. The normalized spacial score (nSPS) is 16.0. The third-order valence-corrected chi connectivity index (χ3v) is 5.61. The Morgan fingerprint density at radius 3 is 2.94 bits per heavy atom. The molecule has 0 saturated carbocycles. The summed E-state index contributed by atoms with van der Waals surface area (Å²) in [5.74, 6) is 0.956. The fraction of sp³-hybridized carbons (Fsp3) is 0.208. The van der Waals surface area contributed by atoms with Crippen LogP contribution in [0.15, 0.2) is 71.5 Å². The first-order valence-electron chi connectivity index (χ1n) is 10.1. The summed E-state index contributed by atoms with van der Waals surface area (Å²) in [7, 11) is 0. The first kappa shape index (κ1) is 19.2. The number of benzene rings is 2. The maximum absolute atomic E-state index is 13.2. The number of pyridine rings is 1. The van der Waals surface area contributed by atoms with Crippen LogP contribution in [0.1, 0.15) is 34.2 Å². The molecule has 31 heavy (non-hydrogen) atoms. The number of nitrogens with zero attached hydrogens (tertiary/aromatic N) is 3. The maximum atomic E-state index is 13.2. The number of hydrogen-bond acceptors (Lipinski definition) is 5. The largest absolute Gasteiger partial charge is 0.485 e. The Morgan fingerprint density at radius 1 is 1.19 bits per heavy atom. The summed E-state index contributed by atoms with van der Waals surface area (Å²) in [6.45, 7) is 1.37. The van der Waals surface area contributed by atoms with Crippen LogP contribution in [0.3, 0.4) is 0 Å². The molecule has 1 aliphatic heterocycles. The van der Waals surface area contributed by atoms with Gasteiger partial charge in [0.25, 0.3) is 5.91 Å². The van der Waals surface area contributed by atoms with E-state index in [9.17, 15) is 9.18 Å². The Labute approximate surface area is 178 Å². The van der Waals surface area contributed by atoms with Crippen molar-refractivity contribution in [3.63, 3.8) is 0 Å². The lowest BCUT2D eigenvalue weighted by atomic mass is 9.99. The minimum atomic E-state index is -0.257. The van der Waals surface area contributed by atoms with Crippen LogP contribution < -0.4 is 4.74 Å². The summed E-state index contributed by atoms with van der Waals surface area (Å²) in [6.07, 6.45) is 4.33. The standard InChI is InChI=1S/C24H20FN3O3/c25-19-6-4-16(5-7-19)18-9-11-28(14-18)24(29)22-12-20(31-27-22)15-30-23-3-1-2-17-13-26-10-8-21(17)23/h1-8,10,12-13,18H,9,11,14-15H2. The SMILES string of the molecule is O=C(c1cc(COc2cccc3cnccc23)on1)N1CCC(c2ccc(F)cc2)C1. The Morgan fingerprint density at radius 2 is 2.06 bits per heavy atom. The smallest absolute Gasteiger partial charge is 0.276 e. The number of halogens is 1. The predicted molar refractivity (Wildman–Crippen MR) is 112 cm³/mol. The highest BCUT2D eigenvalue weighted by Gasteiger charge is 2.29. The van der Waals surface area contributed by atoms with Gasteiger partial charge in [-0.3, -0.25) is 9.78 Å². The topological polar surface area (TPSA) is 68.5 Å². The van der Waals surface area contributed by atoms with Crippen LogP contribution in [0.5, 0.6) is 5.75 Å². The van der Waals surface area contributed by atoms with E-state index in [1.54, 1.807) is 35.5 Å². The molecule has 1 amide bonds. The molecular formula is C24H20FN3O3. The molecule has 2 aromatic heterocycles. The van der Waals surface area contributed by atoms with Gasteiger partial charge in [-0.25, -0.2) is 4.39 Å². The van der Waals surface area contributed by atoms with Crippen molar-refractivity contribution in [1.29, 1.82) is 0 Å². The summed E-state index contributed by atoms with van der Waals surface area (Å²) >= 11 is 0. The average Bonchev–Trinajstić information content (AvgIpc) is 3.48. The summed E-state index contributed by atoms with van der Waals surface area (Å²) < 4.78 is 24.4. The fourth-order valence-electron chi connectivity index (χ4n) is 3.96. The van der Waals surface area contributed by atoms with Crippen molar-refractivity contribution in [1.82, 2.24) is 15.0 Å². The number of carbonyl (C=O) groups is 1. The van der Waals surface area contributed by atoms with Gasteiger partial charge < -0.3 is 14.2 Å². The number of rotatable bonds is 5. The molecule has 0 N–H and O–H groups in total. The molecule has 3 heterocycles. The van der Waals surface area contributed by atoms with Gasteiger partial charge in [0.2, 0.25) is 0 Å². The van der Waals surface area contributed by atoms with Crippen LogP contribution in [0.2, 0.25) is 0 Å². The maximum Gasteiger partial charge on any atom is 0.276 e. The van der Waals surface area contributed by atoms with E-state index >= 15 is 0 Å². The van der Waals surface area contributed by atoms with E-state index in [-0.39, 0.29) is 29.9 Å². The zero-order valence-electron chi connectivity index (χ0n) is 16.7. The van der Waals surface area contributed by atoms with E-state index in [1.165, 1.54) is 12.1 Å². The molecule has 4 aromatic rings. The molecule has 0 bridgehead atoms. The second-order valence-corrected chi connectivity index (χ2v) is 7.61. The Hall–Kier alpha value is -3.74. The van der Waals surface area contributed by atoms with Crippen LogP contribution in [0.25, 0.3) is 10.8 Å². The molecular weight excluding hydrogens is 397 g/mol. The molecule has 0 radical (unpaired) electrons. The third-order valence-electron chi connectivity index (χ3n) is 5.61. The number of carbonyl (C=O) groups excluding carboxylic acids is 1. The highest BCUT2D eigenvalue weighted by atomic mass is 19.1. The number of aromatic nitrogens is 2. The summed E-state index contributed by atoms with van der Waals surface area (Å²) in [6, 6.07) is 15.7. The second-order valence-electron chi connectivity index (χ2n) is 7.61. The molecule has 1 fully saturated rings. The third kappa shape index (κ3) is 3.99. The van der Waals surface area contributed by atoms with Crippen LogP contribution in [0, 0.1) is 5.82 Å². The summed E-state index contributed by atoms with van der Waals surface area (Å²) in [5.41, 5.74) is 1.30. The number of ether oxygens (including phenoxy) is 1. The molecule has 1 unspecified atom stereocenters. The molecule has 5 rings (SSSR count). The van der Waals surface area contributed by atoms with Crippen molar-refractivity contribution in [2.45, 2.75) is 18.9 Å². The van der Waals surface area contributed by atoms with Crippen molar-refractivity contribution in [3.8, 4) is 5.75 Å². The van der Waals surface area contributed by atoms with Crippen LogP contribution in [-0.2, 0) is 6.61 Å². The van der Waals surface area contributed by atoms with Gasteiger partial charge in [-0.15, -0.1) is 0 Å². The highest BCUT2D eigenvalue weighted by Crippen LogP contribution is 2.29. The van der Waals surface area contributed by atoms with E-state index in [4.69, 9.17) is 9.26 Å². The van der Waals surface area contributed by atoms with Gasteiger partial charge in [0.1, 0.15) is 18.2 Å². The van der Waals surface area contributed by atoms with E-state index in [1.807, 2.05) is 24.3 Å². The van der Waals surface area contributed by atoms with Crippen molar-refractivity contribution in [3.05, 3.63) is 89.8 Å². The first-order valence-corrected chi connectivity index (χ1v) is 10.1. The minimum absolute atomic E-state index is 0.167. The Bertz CT molecular complexity index is 1220.